The maximum Gasteiger partial charge on any atom is 0.416 e. The van der Waals surface area contributed by atoms with Gasteiger partial charge in [0.2, 0.25) is 10.0 Å². The molecular weight excluding hydrogens is 435 g/mol. The highest BCUT2D eigenvalue weighted by Crippen LogP contribution is 2.34. The predicted octanol–water partition coefficient (Wildman–Crippen LogP) is 3.73. The molecule has 0 bridgehead atoms. The highest BCUT2D eigenvalue weighted by molar-refractivity contribution is 7.89. The molecule has 0 amide bonds. The lowest BCUT2D eigenvalue weighted by molar-refractivity contribution is -0.388. The standard InChI is InChI=1S/C20H22F3N3O4S/c21-20(22,23)17-7-8-19(18(13-17)26(27)28)31(29,30)24-10-3-4-11-25-12-9-15-5-1-2-6-16(15)14-25/h1-2,5-8,13,24H,3-4,9-12,14H2. The Kier molecular flexibility index (Phi) is 6.97. The third-order valence-electron chi connectivity index (χ3n) is 5.18. The Morgan fingerprint density at radius 1 is 1.10 bits per heavy atom. The second kappa shape index (κ2) is 9.33. The van der Waals surface area contributed by atoms with E-state index in [2.05, 4.69) is 21.8 Å². The van der Waals surface area contributed by atoms with Gasteiger partial charge in [0.25, 0.3) is 5.69 Å². The molecule has 31 heavy (non-hydrogen) atoms. The van der Waals surface area contributed by atoms with E-state index in [0.29, 0.717) is 25.0 Å². The van der Waals surface area contributed by atoms with Crippen LogP contribution in [-0.4, -0.2) is 37.9 Å². The first-order valence-corrected chi connectivity index (χ1v) is 11.2. The Labute approximate surface area is 178 Å². The van der Waals surface area contributed by atoms with E-state index in [-0.39, 0.29) is 12.6 Å². The molecule has 0 unspecified atom stereocenters. The molecule has 0 saturated heterocycles. The third kappa shape index (κ3) is 5.81. The van der Waals surface area contributed by atoms with Gasteiger partial charge in [-0.3, -0.25) is 15.0 Å². The fourth-order valence-corrected chi connectivity index (χ4v) is 4.78. The molecule has 1 aliphatic heterocycles. The number of alkyl halides is 3. The van der Waals surface area contributed by atoms with Crippen molar-refractivity contribution in [3.63, 3.8) is 0 Å². The summed E-state index contributed by atoms with van der Waals surface area (Å²) in [5, 5.41) is 11.1. The van der Waals surface area contributed by atoms with Crippen molar-refractivity contribution in [1.29, 1.82) is 0 Å². The molecule has 7 nitrogen and oxygen atoms in total. The number of rotatable bonds is 8. The lowest BCUT2D eigenvalue weighted by Gasteiger charge is -2.28. The molecule has 1 heterocycles. The Bertz CT molecular complexity index is 1060. The number of nitro groups is 1. The number of nitrogens with zero attached hydrogens (tertiary/aromatic N) is 2. The number of nitrogens with one attached hydrogen (secondary N) is 1. The summed E-state index contributed by atoms with van der Waals surface area (Å²) in [7, 11) is -4.32. The summed E-state index contributed by atoms with van der Waals surface area (Å²) in [4.78, 5) is 11.5. The van der Waals surface area contributed by atoms with Crippen LogP contribution in [0.2, 0.25) is 0 Å². The second-order valence-corrected chi connectivity index (χ2v) is 9.07. The maximum absolute atomic E-state index is 12.8. The zero-order valence-electron chi connectivity index (χ0n) is 16.6. The van der Waals surface area contributed by atoms with Gasteiger partial charge >= 0.3 is 6.18 Å². The van der Waals surface area contributed by atoms with Crippen LogP contribution in [0.3, 0.4) is 0 Å². The highest BCUT2D eigenvalue weighted by Gasteiger charge is 2.35. The van der Waals surface area contributed by atoms with E-state index in [1.807, 2.05) is 12.1 Å². The van der Waals surface area contributed by atoms with Crippen LogP contribution in [-0.2, 0) is 29.2 Å². The summed E-state index contributed by atoms with van der Waals surface area (Å²) >= 11 is 0. The van der Waals surface area contributed by atoms with Crippen molar-refractivity contribution in [2.75, 3.05) is 19.6 Å². The van der Waals surface area contributed by atoms with E-state index in [9.17, 15) is 31.7 Å². The topological polar surface area (TPSA) is 92.5 Å². The minimum Gasteiger partial charge on any atom is -0.299 e. The van der Waals surface area contributed by atoms with E-state index >= 15 is 0 Å². The largest absolute Gasteiger partial charge is 0.416 e. The predicted molar refractivity (Wildman–Crippen MR) is 108 cm³/mol. The molecular formula is C20H22F3N3O4S. The minimum absolute atomic E-state index is 0.0327. The van der Waals surface area contributed by atoms with E-state index in [0.717, 1.165) is 26.1 Å². The number of fused-ring (bicyclic) bond motifs is 1. The lowest BCUT2D eigenvalue weighted by Crippen LogP contribution is -2.32. The van der Waals surface area contributed by atoms with Crippen molar-refractivity contribution >= 4 is 15.7 Å². The number of hydrogen-bond acceptors (Lipinski definition) is 5. The van der Waals surface area contributed by atoms with Gasteiger partial charge < -0.3 is 0 Å². The Hall–Kier alpha value is -2.50. The van der Waals surface area contributed by atoms with E-state index < -0.39 is 37.3 Å². The fraction of sp³-hybridized carbons (Fsp3) is 0.400. The summed E-state index contributed by atoms with van der Waals surface area (Å²) in [6.07, 6.45) is -2.65. The molecule has 1 aliphatic rings. The van der Waals surface area contributed by atoms with Crippen LogP contribution in [0.4, 0.5) is 18.9 Å². The lowest BCUT2D eigenvalue weighted by atomic mass is 10.00. The Morgan fingerprint density at radius 2 is 1.81 bits per heavy atom. The molecule has 2 aromatic carbocycles. The number of nitro benzene ring substituents is 1. The van der Waals surface area contributed by atoms with Crippen molar-refractivity contribution < 1.29 is 26.5 Å². The van der Waals surface area contributed by atoms with Gasteiger partial charge in [-0.2, -0.15) is 13.2 Å². The van der Waals surface area contributed by atoms with Gasteiger partial charge in [0.15, 0.2) is 4.90 Å². The number of unbranched alkanes of at least 4 members (excludes halogenated alkanes) is 1. The van der Waals surface area contributed by atoms with Gasteiger partial charge in [0, 0.05) is 25.7 Å². The van der Waals surface area contributed by atoms with Crippen LogP contribution >= 0.6 is 0 Å². The van der Waals surface area contributed by atoms with Crippen LogP contribution in [0.25, 0.3) is 0 Å². The molecule has 11 heteroatoms. The van der Waals surface area contributed by atoms with E-state index in [1.54, 1.807) is 0 Å². The highest BCUT2D eigenvalue weighted by atomic mass is 32.2. The molecule has 0 spiro atoms. The van der Waals surface area contributed by atoms with Crippen LogP contribution in [0.5, 0.6) is 0 Å². The number of hydrogen-bond donors (Lipinski definition) is 1. The average Bonchev–Trinajstić information content (AvgIpc) is 2.72. The normalized spacial score (nSPS) is 14.9. The van der Waals surface area contributed by atoms with Gasteiger partial charge in [0.05, 0.1) is 10.5 Å². The average molecular weight is 457 g/mol. The summed E-state index contributed by atoms with van der Waals surface area (Å²) in [6.45, 7) is 2.56. The Morgan fingerprint density at radius 3 is 2.48 bits per heavy atom. The smallest absolute Gasteiger partial charge is 0.299 e. The maximum atomic E-state index is 12.8. The van der Waals surface area contributed by atoms with Crippen molar-refractivity contribution in [2.24, 2.45) is 0 Å². The monoisotopic (exact) mass is 457 g/mol. The van der Waals surface area contributed by atoms with Gasteiger partial charge in [-0.15, -0.1) is 0 Å². The van der Waals surface area contributed by atoms with E-state index in [4.69, 9.17) is 0 Å². The van der Waals surface area contributed by atoms with Crippen LogP contribution in [0, 0.1) is 10.1 Å². The summed E-state index contributed by atoms with van der Waals surface area (Å²) in [6, 6.07) is 9.60. The second-order valence-electron chi connectivity index (χ2n) is 7.34. The minimum atomic E-state index is -4.81. The molecule has 2 aromatic rings. The molecule has 0 atom stereocenters. The molecule has 3 rings (SSSR count). The third-order valence-corrected chi connectivity index (χ3v) is 6.68. The number of sulfonamides is 1. The first-order valence-electron chi connectivity index (χ1n) is 9.72. The van der Waals surface area contributed by atoms with Crippen molar-refractivity contribution in [2.45, 2.75) is 36.9 Å². The van der Waals surface area contributed by atoms with Crippen LogP contribution in [0.1, 0.15) is 29.5 Å². The van der Waals surface area contributed by atoms with Gasteiger partial charge in [-0.05, 0) is 49.1 Å². The summed E-state index contributed by atoms with van der Waals surface area (Å²) in [5.41, 5.74) is 0.240. The fourth-order valence-electron chi connectivity index (χ4n) is 3.55. The SMILES string of the molecule is O=[N+]([O-])c1cc(C(F)(F)F)ccc1S(=O)(=O)NCCCCN1CCc2ccccc2C1. The molecule has 0 radical (unpaired) electrons. The Balaban J connectivity index is 1.54. The molecule has 0 aliphatic carbocycles. The van der Waals surface area contributed by atoms with Gasteiger partial charge in [0.1, 0.15) is 0 Å². The van der Waals surface area contributed by atoms with Crippen LogP contribution < -0.4 is 4.72 Å². The first-order chi connectivity index (χ1) is 14.6. The zero-order chi connectivity index (χ0) is 22.6. The molecule has 1 N–H and O–H groups in total. The van der Waals surface area contributed by atoms with E-state index in [1.165, 1.54) is 11.1 Å². The quantitative estimate of drug-likeness (QED) is 0.371. The summed E-state index contributed by atoms with van der Waals surface area (Å²) in [5.74, 6) is 0. The number of halogens is 3. The van der Waals surface area contributed by atoms with Gasteiger partial charge in [-0.1, -0.05) is 24.3 Å². The molecule has 0 saturated carbocycles. The molecule has 0 aromatic heterocycles. The van der Waals surface area contributed by atoms with Gasteiger partial charge in [-0.25, -0.2) is 13.1 Å². The van der Waals surface area contributed by atoms with Crippen molar-refractivity contribution in [3.05, 3.63) is 69.3 Å². The zero-order valence-corrected chi connectivity index (χ0v) is 17.4. The van der Waals surface area contributed by atoms with Crippen LogP contribution in [0.15, 0.2) is 47.4 Å². The first kappa shape index (κ1) is 23.2. The number of benzene rings is 2. The van der Waals surface area contributed by atoms with Crippen molar-refractivity contribution in [3.8, 4) is 0 Å². The summed E-state index contributed by atoms with van der Waals surface area (Å²) < 4.78 is 65.4. The van der Waals surface area contributed by atoms with Crippen molar-refractivity contribution in [1.82, 2.24) is 9.62 Å². The molecule has 168 valence electrons. The molecule has 0 fully saturated rings.